The van der Waals surface area contributed by atoms with Gasteiger partial charge in [0, 0.05) is 5.56 Å². The van der Waals surface area contributed by atoms with Crippen molar-refractivity contribution in [3.05, 3.63) is 54.1 Å². The maximum atomic E-state index is 11.5. The van der Waals surface area contributed by atoms with Gasteiger partial charge in [0.1, 0.15) is 11.6 Å². The summed E-state index contributed by atoms with van der Waals surface area (Å²) in [6, 6.07) is 16.2. The lowest BCUT2D eigenvalue weighted by molar-refractivity contribution is -0.148. The second kappa shape index (κ2) is 6.28. The molecule has 3 rings (SSSR count). The number of aromatic nitrogens is 1. The van der Waals surface area contributed by atoms with Crippen LogP contribution in [-0.2, 0) is 16.1 Å². The molecule has 1 aromatic heterocycles. The van der Waals surface area contributed by atoms with Crippen molar-refractivity contribution < 1.29 is 9.53 Å². The molecule has 0 N–H and O–H groups in total. The third-order valence-electron chi connectivity index (χ3n) is 3.33. The molecule has 112 valence electrons. The standard InChI is InChI=1S/C18H17NO2S/c1-12(2)18(20)21-11-13-8-9-16-15(10-13)19-17(22-16)14-6-4-3-5-7-14/h3-10,12H,11H2,1-2H3. The highest BCUT2D eigenvalue weighted by Gasteiger charge is 2.10. The van der Waals surface area contributed by atoms with Crippen molar-refractivity contribution in [3.63, 3.8) is 0 Å². The molecule has 1 heterocycles. The number of benzene rings is 2. The second-order valence-corrected chi connectivity index (χ2v) is 6.48. The van der Waals surface area contributed by atoms with Gasteiger partial charge in [-0.05, 0) is 17.7 Å². The molecule has 0 saturated heterocycles. The smallest absolute Gasteiger partial charge is 0.308 e. The molecule has 22 heavy (non-hydrogen) atoms. The van der Waals surface area contributed by atoms with E-state index in [1.807, 2.05) is 50.2 Å². The maximum absolute atomic E-state index is 11.5. The lowest BCUT2D eigenvalue weighted by Crippen LogP contribution is -2.11. The molecule has 4 heteroatoms. The number of carbonyl (C=O) groups excluding carboxylic acids is 1. The summed E-state index contributed by atoms with van der Waals surface area (Å²) in [7, 11) is 0. The van der Waals surface area contributed by atoms with Gasteiger partial charge in [0.05, 0.1) is 16.1 Å². The molecule has 0 aliphatic carbocycles. The zero-order valence-corrected chi connectivity index (χ0v) is 13.4. The van der Waals surface area contributed by atoms with E-state index in [-0.39, 0.29) is 11.9 Å². The topological polar surface area (TPSA) is 39.2 Å². The van der Waals surface area contributed by atoms with Crippen molar-refractivity contribution in [2.45, 2.75) is 20.5 Å². The predicted molar refractivity (Wildman–Crippen MR) is 89.7 cm³/mol. The molecule has 0 radical (unpaired) electrons. The zero-order chi connectivity index (χ0) is 15.5. The quantitative estimate of drug-likeness (QED) is 0.658. The van der Waals surface area contributed by atoms with Crippen molar-refractivity contribution in [2.24, 2.45) is 5.92 Å². The van der Waals surface area contributed by atoms with Crippen LogP contribution in [0, 0.1) is 5.92 Å². The van der Waals surface area contributed by atoms with E-state index in [1.54, 1.807) is 11.3 Å². The summed E-state index contributed by atoms with van der Waals surface area (Å²) in [5.74, 6) is -0.281. The molecule has 0 amide bonds. The second-order valence-electron chi connectivity index (χ2n) is 5.45. The van der Waals surface area contributed by atoms with Crippen LogP contribution in [0.15, 0.2) is 48.5 Å². The molecule has 0 saturated carbocycles. The van der Waals surface area contributed by atoms with Gasteiger partial charge in [-0.1, -0.05) is 50.2 Å². The molecular weight excluding hydrogens is 294 g/mol. The molecule has 0 spiro atoms. The Hall–Kier alpha value is -2.20. The predicted octanol–water partition coefficient (Wildman–Crippen LogP) is 4.66. The first-order chi connectivity index (χ1) is 10.6. The number of carbonyl (C=O) groups is 1. The van der Waals surface area contributed by atoms with E-state index in [1.165, 1.54) is 0 Å². The number of ether oxygens (including phenoxy) is 1. The third kappa shape index (κ3) is 3.17. The lowest BCUT2D eigenvalue weighted by atomic mass is 10.2. The molecule has 3 aromatic rings. The zero-order valence-electron chi connectivity index (χ0n) is 12.6. The van der Waals surface area contributed by atoms with E-state index in [9.17, 15) is 4.79 Å². The van der Waals surface area contributed by atoms with Gasteiger partial charge in [-0.3, -0.25) is 4.79 Å². The Labute approximate surface area is 133 Å². The molecule has 0 bridgehead atoms. The molecule has 0 unspecified atom stereocenters. The van der Waals surface area contributed by atoms with Crippen LogP contribution in [0.25, 0.3) is 20.8 Å². The molecular formula is C18H17NO2S. The van der Waals surface area contributed by atoms with Crippen molar-refractivity contribution >= 4 is 27.5 Å². The molecule has 2 aromatic carbocycles. The summed E-state index contributed by atoms with van der Waals surface area (Å²) in [6.07, 6.45) is 0. The highest BCUT2D eigenvalue weighted by atomic mass is 32.1. The van der Waals surface area contributed by atoms with Gasteiger partial charge >= 0.3 is 5.97 Å². The minimum Gasteiger partial charge on any atom is -0.461 e. The first-order valence-electron chi connectivity index (χ1n) is 7.25. The van der Waals surface area contributed by atoms with E-state index >= 15 is 0 Å². The Kier molecular flexibility index (Phi) is 4.20. The van der Waals surface area contributed by atoms with Crippen molar-refractivity contribution in [1.82, 2.24) is 4.98 Å². The van der Waals surface area contributed by atoms with Gasteiger partial charge in [-0.2, -0.15) is 0 Å². The summed E-state index contributed by atoms with van der Waals surface area (Å²) in [4.78, 5) is 16.2. The highest BCUT2D eigenvalue weighted by molar-refractivity contribution is 7.21. The van der Waals surface area contributed by atoms with Crippen LogP contribution < -0.4 is 0 Å². The van der Waals surface area contributed by atoms with Crippen LogP contribution in [0.2, 0.25) is 0 Å². The Morgan fingerprint density at radius 3 is 2.68 bits per heavy atom. The first kappa shape index (κ1) is 14.7. The number of esters is 1. The van der Waals surface area contributed by atoms with E-state index < -0.39 is 0 Å². The normalized spacial score (nSPS) is 11.0. The van der Waals surface area contributed by atoms with Crippen LogP contribution in [0.4, 0.5) is 0 Å². The monoisotopic (exact) mass is 311 g/mol. The Morgan fingerprint density at radius 1 is 1.18 bits per heavy atom. The van der Waals surface area contributed by atoms with Gasteiger partial charge < -0.3 is 4.74 Å². The van der Waals surface area contributed by atoms with Crippen LogP contribution in [-0.4, -0.2) is 11.0 Å². The minimum absolute atomic E-state index is 0.104. The van der Waals surface area contributed by atoms with Crippen LogP contribution in [0.5, 0.6) is 0 Å². The van der Waals surface area contributed by atoms with E-state index in [4.69, 9.17) is 4.74 Å². The Balaban J connectivity index is 1.83. The third-order valence-corrected chi connectivity index (χ3v) is 4.41. The maximum Gasteiger partial charge on any atom is 0.308 e. The largest absolute Gasteiger partial charge is 0.461 e. The van der Waals surface area contributed by atoms with Gasteiger partial charge in [-0.15, -0.1) is 11.3 Å². The molecule has 0 aliphatic rings. The van der Waals surface area contributed by atoms with Crippen LogP contribution >= 0.6 is 11.3 Å². The number of hydrogen-bond donors (Lipinski definition) is 0. The number of hydrogen-bond acceptors (Lipinski definition) is 4. The van der Waals surface area contributed by atoms with Gasteiger partial charge in [0.15, 0.2) is 0 Å². The summed E-state index contributed by atoms with van der Waals surface area (Å²) in [6.45, 7) is 3.96. The molecule has 0 fully saturated rings. The summed E-state index contributed by atoms with van der Waals surface area (Å²) in [5, 5.41) is 1.01. The summed E-state index contributed by atoms with van der Waals surface area (Å²) >= 11 is 1.67. The number of thiazole rings is 1. The Bertz CT molecular complexity index is 793. The van der Waals surface area contributed by atoms with Gasteiger partial charge in [0.25, 0.3) is 0 Å². The average Bonchev–Trinajstić information content (AvgIpc) is 2.96. The molecule has 3 nitrogen and oxygen atoms in total. The number of rotatable bonds is 4. The van der Waals surface area contributed by atoms with E-state index in [0.717, 1.165) is 26.4 Å². The van der Waals surface area contributed by atoms with Crippen molar-refractivity contribution in [1.29, 1.82) is 0 Å². The summed E-state index contributed by atoms with van der Waals surface area (Å²) < 4.78 is 6.40. The average molecular weight is 311 g/mol. The highest BCUT2D eigenvalue weighted by Crippen LogP contribution is 2.30. The SMILES string of the molecule is CC(C)C(=O)OCc1ccc2sc(-c3ccccc3)nc2c1. The van der Waals surface area contributed by atoms with Crippen LogP contribution in [0.1, 0.15) is 19.4 Å². The van der Waals surface area contributed by atoms with E-state index in [0.29, 0.717) is 6.61 Å². The summed E-state index contributed by atoms with van der Waals surface area (Å²) in [5.41, 5.74) is 3.03. The van der Waals surface area contributed by atoms with E-state index in [2.05, 4.69) is 17.1 Å². The van der Waals surface area contributed by atoms with Gasteiger partial charge in [0.2, 0.25) is 0 Å². The van der Waals surface area contributed by atoms with Gasteiger partial charge in [-0.25, -0.2) is 4.98 Å². The van der Waals surface area contributed by atoms with Crippen molar-refractivity contribution in [3.8, 4) is 10.6 Å². The van der Waals surface area contributed by atoms with Crippen molar-refractivity contribution in [2.75, 3.05) is 0 Å². The Morgan fingerprint density at radius 2 is 1.95 bits per heavy atom. The first-order valence-corrected chi connectivity index (χ1v) is 8.06. The number of nitrogens with zero attached hydrogens (tertiary/aromatic N) is 1. The minimum atomic E-state index is -0.177. The molecule has 0 aliphatic heterocycles. The fraction of sp³-hybridized carbons (Fsp3) is 0.222. The fourth-order valence-corrected chi connectivity index (χ4v) is 3.04. The van der Waals surface area contributed by atoms with Crippen LogP contribution in [0.3, 0.4) is 0 Å². The molecule has 0 atom stereocenters. The number of fused-ring (bicyclic) bond motifs is 1. The lowest BCUT2D eigenvalue weighted by Gasteiger charge is -2.06. The fourth-order valence-electron chi connectivity index (χ4n) is 2.09.